The van der Waals surface area contributed by atoms with Crippen molar-refractivity contribution in [1.29, 1.82) is 0 Å². The number of nitrogens with one attached hydrogen (secondary N) is 1. The number of fused-ring (bicyclic) bond motifs is 1. The lowest BCUT2D eigenvalue weighted by Gasteiger charge is -2.04. The van der Waals surface area contributed by atoms with Gasteiger partial charge in [0.1, 0.15) is 17.0 Å². The molecule has 0 spiro atoms. The van der Waals surface area contributed by atoms with Crippen LogP contribution in [0.1, 0.15) is 5.82 Å². The van der Waals surface area contributed by atoms with Crippen LogP contribution >= 0.6 is 0 Å². The Morgan fingerprint density at radius 2 is 2.06 bits per heavy atom. The molecular formula is C13H13N5. The minimum absolute atomic E-state index is 0.804. The fraction of sp³-hybridized carbons (Fsp3) is 0.154. The number of aryl methyl sites for hydroxylation is 1. The summed E-state index contributed by atoms with van der Waals surface area (Å²) in [5, 5.41) is 3.09. The van der Waals surface area contributed by atoms with Crippen LogP contribution in [0.5, 0.6) is 0 Å². The lowest BCUT2D eigenvalue weighted by atomic mass is 10.2. The van der Waals surface area contributed by atoms with Gasteiger partial charge in [-0.3, -0.25) is 9.38 Å². The van der Waals surface area contributed by atoms with Crippen molar-refractivity contribution < 1.29 is 0 Å². The summed E-state index contributed by atoms with van der Waals surface area (Å²) in [5.74, 6) is 1.73. The molecule has 0 radical (unpaired) electrons. The molecular weight excluding hydrogens is 226 g/mol. The summed E-state index contributed by atoms with van der Waals surface area (Å²) in [7, 11) is 1.85. The second-order valence-electron chi connectivity index (χ2n) is 3.97. The maximum atomic E-state index is 4.59. The quantitative estimate of drug-likeness (QED) is 0.744. The van der Waals surface area contributed by atoms with Crippen molar-refractivity contribution in [2.45, 2.75) is 6.92 Å². The van der Waals surface area contributed by atoms with Gasteiger partial charge >= 0.3 is 0 Å². The number of hydrogen-bond donors (Lipinski definition) is 1. The number of pyridine rings is 1. The van der Waals surface area contributed by atoms with E-state index in [0.717, 1.165) is 28.5 Å². The fourth-order valence-electron chi connectivity index (χ4n) is 2.05. The standard InChI is InChI=1S/C13H13N5/c1-9-17-11(10-5-3-4-6-15-10)12-13(14-2)16-7-8-18(9)12/h3-8H,1-2H3,(H,14,16). The van der Waals surface area contributed by atoms with Gasteiger partial charge in [-0.25, -0.2) is 9.97 Å². The lowest BCUT2D eigenvalue weighted by molar-refractivity contribution is 1.03. The first-order chi connectivity index (χ1) is 8.81. The molecule has 0 fully saturated rings. The third-order valence-corrected chi connectivity index (χ3v) is 2.88. The van der Waals surface area contributed by atoms with Crippen LogP contribution in [-0.2, 0) is 0 Å². The molecule has 5 nitrogen and oxygen atoms in total. The van der Waals surface area contributed by atoms with E-state index in [-0.39, 0.29) is 0 Å². The van der Waals surface area contributed by atoms with Gasteiger partial charge in [0.05, 0.1) is 5.69 Å². The molecule has 0 aliphatic heterocycles. The van der Waals surface area contributed by atoms with Crippen LogP contribution in [0.4, 0.5) is 5.82 Å². The smallest absolute Gasteiger partial charge is 0.152 e. The maximum absolute atomic E-state index is 4.59. The second-order valence-corrected chi connectivity index (χ2v) is 3.97. The van der Waals surface area contributed by atoms with Crippen LogP contribution in [0.25, 0.3) is 16.9 Å². The van der Waals surface area contributed by atoms with Crippen molar-refractivity contribution in [2.24, 2.45) is 0 Å². The fourth-order valence-corrected chi connectivity index (χ4v) is 2.05. The highest BCUT2D eigenvalue weighted by Gasteiger charge is 2.14. The molecule has 0 bridgehead atoms. The number of hydrogen-bond acceptors (Lipinski definition) is 4. The van der Waals surface area contributed by atoms with E-state index in [9.17, 15) is 0 Å². The number of rotatable bonds is 2. The summed E-state index contributed by atoms with van der Waals surface area (Å²) < 4.78 is 2.02. The minimum Gasteiger partial charge on any atom is -0.371 e. The molecule has 0 unspecified atom stereocenters. The molecule has 3 rings (SSSR count). The molecule has 0 amide bonds. The van der Waals surface area contributed by atoms with E-state index >= 15 is 0 Å². The zero-order valence-corrected chi connectivity index (χ0v) is 10.3. The predicted octanol–water partition coefficient (Wildman–Crippen LogP) is 2.14. The SMILES string of the molecule is CNc1nccn2c(C)nc(-c3ccccn3)c12. The van der Waals surface area contributed by atoms with E-state index in [1.54, 1.807) is 12.4 Å². The highest BCUT2D eigenvalue weighted by atomic mass is 15.1. The average Bonchev–Trinajstić information content (AvgIpc) is 2.77. The van der Waals surface area contributed by atoms with Crippen LogP contribution in [-0.4, -0.2) is 26.4 Å². The van der Waals surface area contributed by atoms with Crippen LogP contribution < -0.4 is 5.32 Å². The Morgan fingerprint density at radius 3 is 2.78 bits per heavy atom. The Balaban J connectivity index is 2.37. The Bertz CT molecular complexity index is 687. The number of imidazole rings is 1. The monoisotopic (exact) mass is 239 g/mol. The molecule has 0 aliphatic rings. The van der Waals surface area contributed by atoms with Crippen molar-refractivity contribution >= 4 is 11.3 Å². The molecule has 1 N–H and O–H groups in total. The van der Waals surface area contributed by atoms with Gasteiger partial charge in [-0.15, -0.1) is 0 Å². The summed E-state index contributed by atoms with van der Waals surface area (Å²) in [6, 6.07) is 5.80. The van der Waals surface area contributed by atoms with Crippen LogP contribution in [0, 0.1) is 6.92 Å². The predicted molar refractivity (Wildman–Crippen MR) is 70.5 cm³/mol. The summed E-state index contributed by atoms with van der Waals surface area (Å²) in [4.78, 5) is 13.3. The number of nitrogens with zero attached hydrogens (tertiary/aromatic N) is 4. The molecule has 3 aromatic heterocycles. The Morgan fingerprint density at radius 1 is 1.17 bits per heavy atom. The van der Waals surface area contributed by atoms with Crippen molar-refractivity contribution in [1.82, 2.24) is 19.4 Å². The highest BCUT2D eigenvalue weighted by molar-refractivity contribution is 5.84. The third kappa shape index (κ3) is 1.52. The van der Waals surface area contributed by atoms with Gasteiger partial charge in [0.15, 0.2) is 5.82 Å². The molecule has 5 heteroatoms. The van der Waals surface area contributed by atoms with Crippen LogP contribution in [0.2, 0.25) is 0 Å². The van der Waals surface area contributed by atoms with E-state index in [1.807, 2.05) is 42.8 Å². The van der Waals surface area contributed by atoms with E-state index in [4.69, 9.17) is 0 Å². The largest absolute Gasteiger partial charge is 0.371 e. The van der Waals surface area contributed by atoms with Crippen molar-refractivity contribution in [2.75, 3.05) is 12.4 Å². The van der Waals surface area contributed by atoms with Gasteiger partial charge in [-0.1, -0.05) is 6.07 Å². The first kappa shape index (κ1) is 10.7. The number of aromatic nitrogens is 4. The molecule has 0 aliphatic carbocycles. The normalized spacial score (nSPS) is 10.8. The van der Waals surface area contributed by atoms with Gasteiger partial charge in [-0.2, -0.15) is 0 Å². The van der Waals surface area contributed by atoms with E-state index < -0.39 is 0 Å². The molecule has 0 saturated carbocycles. The second kappa shape index (κ2) is 4.10. The molecule has 90 valence electrons. The molecule has 0 saturated heterocycles. The average molecular weight is 239 g/mol. The minimum atomic E-state index is 0.804. The zero-order valence-electron chi connectivity index (χ0n) is 10.3. The van der Waals surface area contributed by atoms with Gasteiger partial charge < -0.3 is 5.32 Å². The summed E-state index contributed by atoms with van der Waals surface area (Å²) in [5.41, 5.74) is 2.66. The topological polar surface area (TPSA) is 55.1 Å². The highest BCUT2D eigenvalue weighted by Crippen LogP contribution is 2.27. The Hall–Kier alpha value is -2.43. The summed E-state index contributed by atoms with van der Waals surface area (Å²) >= 11 is 0. The first-order valence-corrected chi connectivity index (χ1v) is 5.74. The van der Waals surface area contributed by atoms with Crippen LogP contribution in [0.3, 0.4) is 0 Å². The molecule has 0 aromatic carbocycles. The van der Waals surface area contributed by atoms with Gasteiger partial charge in [-0.05, 0) is 19.1 Å². The Kier molecular flexibility index (Phi) is 2.44. The first-order valence-electron chi connectivity index (χ1n) is 5.74. The summed E-state index contributed by atoms with van der Waals surface area (Å²) in [6.45, 7) is 1.97. The van der Waals surface area contributed by atoms with E-state index in [1.165, 1.54) is 0 Å². The molecule has 0 atom stereocenters. The molecule has 3 heterocycles. The van der Waals surface area contributed by atoms with Crippen molar-refractivity contribution in [3.8, 4) is 11.4 Å². The van der Waals surface area contributed by atoms with Gasteiger partial charge in [0, 0.05) is 25.6 Å². The molecule has 3 aromatic rings. The van der Waals surface area contributed by atoms with Crippen molar-refractivity contribution in [3.05, 3.63) is 42.6 Å². The summed E-state index contributed by atoms with van der Waals surface area (Å²) in [6.07, 6.45) is 5.44. The van der Waals surface area contributed by atoms with Gasteiger partial charge in [0.2, 0.25) is 0 Å². The Labute approximate surface area is 105 Å². The number of anilines is 1. The zero-order chi connectivity index (χ0) is 12.5. The van der Waals surface area contributed by atoms with Gasteiger partial charge in [0.25, 0.3) is 0 Å². The maximum Gasteiger partial charge on any atom is 0.152 e. The van der Waals surface area contributed by atoms with E-state index in [0.29, 0.717) is 0 Å². The third-order valence-electron chi connectivity index (χ3n) is 2.88. The van der Waals surface area contributed by atoms with Crippen LogP contribution in [0.15, 0.2) is 36.8 Å². The lowest BCUT2D eigenvalue weighted by Crippen LogP contribution is -1.97. The van der Waals surface area contributed by atoms with Crippen molar-refractivity contribution in [3.63, 3.8) is 0 Å². The van der Waals surface area contributed by atoms with E-state index in [2.05, 4.69) is 20.3 Å². The molecule has 18 heavy (non-hydrogen) atoms.